The predicted octanol–water partition coefficient (Wildman–Crippen LogP) is 0.816. The van der Waals surface area contributed by atoms with Crippen LogP contribution in [0.15, 0.2) is 24.3 Å². The van der Waals surface area contributed by atoms with Crippen LogP contribution in [0.2, 0.25) is 0 Å². The van der Waals surface area contributed by atoms with Crippen LogP contribution in [-0.2, 0) is 14.3 Å². The van der Waals surface area contributed by atoms with Crippen LogP contribution in [0, 0.1) is 10.1 Å². The van der Waals surface area contributed by atoms with Crippen LogP contribution in [0.1, 0.15) is 13.8 Å². The van der Waals surface area contributed by atoms with E-state index < -0.39 is 22.7 Å². The van der Waals surface area contributed by atoms with E-state index in [0.29, 0.717) is 5.17 Å². The molecule has 9 heteroatoms. The molecule has 0 fully saturated rings. The number of nitrogens with zero attached hydrogens (tertiary/aromatic N) is 2. The Morgan fingerprint density at radius 1 is 1.43 bits per heavy atom. The van der Waals surface area contributed by atoms with E-state index in [9.17, 15) is 24.9 Å². The summed E-state index contributed by atoms with van der Waals surface area (Å²) in [6.45, 7) is 2.84. The molecule has 2 N–H and O–H groups in total. The molecule has 21 heavy (non-hydrogen) atoms. The van der Waals surface area contributed by atoms with Crippen LogP contribution in [0.5, 0.6) is 0 Å². The number of Topliss-reactive ketones (excluding diaryl/α,β-unsaturated/α-hetero) is 1. The number of nitro groups is 1. The fourth-order valence-electron chi connectivity index (χ4n) is 1.45. The van der Waals surface area contributed by atoms with Gasteiger partial charge in [0.1, 0.15) is 0 Å². The molecule has 1 unspecified atom stereocenters. The number of benzene rings is 1. The van der Waals surface area contributed by atoms with Crippen molar-refractivity contribution >= 4 is 23.1 Å². The van der Waals surface area contributed by atoms with Crippen LogP contribution in [0.4, 0.5) is 11.4 Å². The minimum atomic E-state index is -1.37. The van der Waals surface area contributed by atoms with E-state index in [2.05, 4.69) is 5.43 Å². The predicted molar refractivity (Wildman–Crippen MR) is 71.6 cm³/mol. The van der Waals surface area contributed by atoms with Crippen LogP contribution < -0.4 is 10.6 Å². The Balaban J connectivity index is 2.81. The Morgan fingerprint density at radius 2 is 2.00 bits per heavy atom. The van der Waals surface area contributed by atoms with E-state index in [4.69, 9.17) is 4.74 Å². The van der Waals surface area contributed by atoms with Gasteiger partial charge in [0.2, 0.25) is 0 Å². The second-order valence-corrected chi connectivity index (χ2v) is 4.01. The smallest absolute Gasteiger partial charge is 0.332 e. The maximum absolute atomic E-state index is 11.6. The molecule has 1 aromatic rings. The van der Waals surface area contributed by atoms with Crippen molar-refractivity contribution in [3.8, 4) is 0 Å². The number of hydrogen-bond donors (Lipinski definition) is 2. The maximum atomic E-state index is 11.6. The minimum Gasteiger partial charge on any atom is -0.464 e. The van der Waals surface area contributed by atoms with Gasteiger partial charge in [-0.05, 0) is 26.0 Å². The Kier molecular flexibility index (Phi) is 5.76. The van der Waals surface area contributed by atoms with Crippen LogP contribution >= 0.6 is 0 Å². The van der Waals surface area contributed by atoms with Gasteiger partial charge in [-0.15, -0.1) is 0 Å². The number of esters is 1. The average Bonchev–Trinajstić information content (AvgIpc) is 2.44. The first kappa shape index (κ1) is 16.5. The lowest BCUT2D eigenvalue weighted by atomic mass is 10.2. The number of hydrazine groups is 1. The van der Waals surface area contributed by atoms with E-state index in [1.54, 1.807) is 6.92 Å². The maximum Gasteiger partial charge on any atom is 0.332 e. The topological polar surface area (TPSA) is 122 Å². The molecule has 1 aromatic carbocycles. The zero-order valence-electron chi connectivity index (χ0n) is 11.5. The Morgan fingerprint density at radius 3 is 2.43 bits per heavy atom. The molecule has 0 spiro atoms. The summed E-state index contributed by atoms with van der Waals surface area (Å²) in [7, 11) is 0. The van der Waals surface area contributed by atoms with Crippen molar-refractivity contribution in [2.45, 2.75) is 19.9 Å². The zero-order valence-corrected chi connectivity index (χ0v) is 11.5. The number of nitro benzene ring substituents is 1. The van der Waals surface area contributed by atoms with Crippen molar-refractivity contribution in [1.29, 1.82) is 0 Å². The van der Waals surface area contributed by atoms with E-state index in [-0.39, 0.29) is 18.0 Å². The van der Waals surface area contributed by atoms with Gasteiger partial charge in [-0.3, -0.25) is 20.1 Å². The van der Waals surface area contributed by atoms with Gasteiger partial charge in [0, 0.05) is 12.1 Å². The molecule has 0 aliphatic heterocycles. The Bertz CT molecular complexity index is 530. The highest BCUT2D eigenvalue weighted by atomic mass is 16.6. The van der Waals surface area contributed by atoms with Gasteiger partial charge in [0.05, 0.1) is 17.2 Å². The third-order valence-electron chi connectivity index (χ3n) is 2.49. The molecule has 114 valence electrons. The highest BCUT2D eigenvalue weighted by Crippen LogP contribution is 2.17. The first-order valence-electron chi connectivity index (χ1n) is 6.03. The number of carbonyl (C=O) groups excluding carboxylic acids is 2. The lowest BCUT2D eigenvalue weighted by molar-refractivity contribution is -0.384. The molecule has 1 rings (SSSR count). The number of nitrogens with one attached hydrogen (secondary N) is 1. The summed E-state index contributed by atoms with van der Waals surface area (Å²) in [5.74, 6) is -1.37. The molecule has 9 nitrogen and oxygen atoms in total. The molecule has 0 saturated heterocycles. The number of ketones is 1. The second kappa shape index (κ2) is 7.31. The second-order valence-electron chi connectivity index (χ2n) is 4.01. The van der Waals surface area contributed by atoms with Crippen molar-refractivity contribution < 1.29 is 24.5 Å². The summed E-state index contributed by atoms with van der Waals surface area (Å²) in [4.78, 5) is 32.9. The standard InChI is InChI=1S/C12H15N3O6/c1-3-21-12(17)11(8(2)16)13-14(18)9-4-6-10(7-5-9)15(19)20/h4-7,11,13,18H,3H2,1-2H3. The summed E-state index contributed by atoms with van der Waals surface area (Å²) < 4.78 is 4.70. The zero-order chi connectivity index (χ0) is 16.0. The summed E-state index contributed by atoms with van der Waals surface area (Å²) in [5.41, 5.74) is 2.23. The lowest BCUT2D eigenvalue weighted by Gasteiger charge is -2.22. The molecule has 0 aliphatic carbocycles. The van der Waals surface area contributed by atoms with Gasteiger partial charge < -0.3 is 4.74 Å². The fourth-order valence-corrected chi connectivity index (χ4v) is 1.45. The number of rotatable bonds is 7. The molecule has 1 atom stereocenters. The molecule has 0 saturated carbocycles. The minimum absolute atomic E-state index is 0.0905. The molecular formula is C12H15N3O6. The highest BCUT2D eigenvalue weighted by Gasteiger charge is 2.26. The summed E-state index contributed by atoms with van der Waals surface area (Å²) in [6, 6.07) is 3.49. The molecule has 0 bridgehead atoms. The average molecular weight is 297 g/mol. The van der Waals surface area contributed by atoms with Gasteiger partial charge in [0.25, 0.3) is 5.69 Å². The van der Waals surface area contributed by atoms with E-state index in [0.717, 1.165) is 6.92 Å². The van der Waals surface area contributed by atoms with Gasteiger partial charge in [-0.1, -0.05) is 0 Å². The number of non-ortho nitro benzene ring substituents is 1. The quantitative estimate of drug-likeness (QED) is 0.328. The Hall–Kier alpha value is -2.52. The van der Waals surface area contributed by atoms with Gasteiger partial charge in [0.15, 0.2) is 11.8 Å². The Labute approximate surface area is 120 Å². The summed E-state index contributed by atoms with van der Waals surface area (Å²) >= 11 is 0. The van der Waals surface area contributed by atoms with Gasteiger partial charge in [-0.25, -0.2) is 4.79 Å². The number of carbonyl (C=O) groups is 2. The summed E-state index contributed by atoms with van der Waals surface area (Å²) in [5, 5.41) is 20.7. The molecule has 0 heterocycles. The molecule has 0 aliphatic rings. The lowest BCUT2D eigenvalue weighted by Crippen LogP contribution is -2.51. The molecular weight excluding hydrogens is 282 g/mol. The van der Waals surface area contributed by atoms with Crippen molar-refractivity contribution in [2.24, 2.45) is 0 Å². The highest BCUT2D eigenvalue weighted by molar-refractivity contribution is 6.02. The molecule has 0 amide bonds. The third-order valence-corrected chi connectivity index (χ3v) is 2.49. The van der Waals surface area contributed by atoms with E-state index in [1.807, 2.05) is 0 Å². The largest absolute Gasteiger partial charge is 0.464 e. The van der Waals surface area contributed by atoms with E-state index in [1.165, 1.54) is 24.3 Å². The van der Waals surface area contributed by atoms with Crippen molar-refractivity contribution in [3.05, 3.63) is 34.4 Å². The van der Waals surface area contributed by atoms with Gasteiger partial charge >= 0.3 is 5.97 Å². The number of anilines is 1. The fraction of sp³-hybridized carbons (Fsp3) is 0.333. The van der Waals surface area contributed by atoms with Crippen molar-refractivity contribution in [2.75, 3.05) is 11.8 Å². The first-order valence-corrected chi connectivity index (χ1v) is 6.03. The van der Waals surface area contributed by atoms with E-state index >= 15 is 0 Å². The summed E-state index contributed by atoms with van der Waals surface area (Å²) in [6.07, 6.45) is 0. The van der Waals surface area contributed by atoms with Crippen LogP contribution in [0.3, 0.4) is 0 Å². The number of ether oxygens (including phenoxy) is 1. The molecule has 0 radical (unpaired) electrons. The SMILES string of the molecule is CCOC(=O)C(NN(O)c1ccc([N+](=O)[O-])cc1)C(C)=O. The normalized spacial score (nSPS) is 11.6. The van der Waals surface area contributed by atoms with Crippen molar-refractivity contribution in [3.63, 3.8) is 0 Å². The van der Waals surface area contributed by atoms with Crippen LogP contribution in [0.25, 0.3) is 0 Å². The van der Waals surface area contributed by atoms with Gasteiger partial charge in [-0.2, -0.15) is 10.6 Å². The third kappa shape index (κ3) is 4.51. The first-order chi connectivity index (χ1) is 9.86. The van der Waals surface area contributed by atoms with Crippen LogP contribution in [-0.4, -0.2) is 34.5 Å². The monoisotopic (exact) mass is 297 g/mol. The van der Waals surface area contributed by atoms with Crippen molar-refractivity contribution in [1.82, 2.24) is 5.43 Å². The molecule has 0 aromatic heterocycles. The number of hydrogen-bond acceptors (Lipinski definition) is 8.